The number of hydrogen-bond acceptors (Lipinski definition) is 5. The summed E-state index contributed by atoms with van der Waals surface area (Å²) in [5.74, 6) is -1.62. The van der Waals surface area contributed by atoms with Crippen LogP contribution in [0.3, 0.4) is 0 Å². The minimum absolute atomic E-state index is 0.118. The zero-order chi connectivity index (χ0) is 17.2. The van der Waals surface area contributed by atoms with Crippen LogP contribution < -0.4 is 4.74 Å². The molecule has 0 saturated carbocycles. The van der Waals surface area contributed by atoms with Crippen molar-refractivity contribution in [3.63, 3.8) is 0 Å². The number of aliphatic imine (C=N–C) groups is 1. The normalized spacial score (nSPS) is 20.7. The molecular formula is C13H11ClF2N2O4S. The van der Waals surface area contributed by atoms with Crippen molar-refractivity contribution < 1.29 is 28.2 Å². The summed E-state index contributed by atoms with van der Waals surface area (Å²) in [5.41, 5.74) is -3.46. The summed E-state index contributed by atoms with van der Waals surface area (Å²) in [6.07, 6.45) is -0.118. The quantitative estimate of drug-likeness (QED) is 0.831. The highest BCUT2D eigenvalue weighted by molar-refractivity contribution is 8.15. The largest absolute Gasteiger partial charge is 0.487 e. The summed E-state index contributed by atoms with van der Waals surface area (Å²) in [4.78, 5) is 28.2. The van der Waals surface area contributed by atoms with E-state index in [1.807, 2.05) is 0 Å². The van der Waals surface area contributed by atoms with Gasteiger partial charge >= 0.3 is 11.5 Å². The van der Waals surface area contributed by atoms with Crippen LogP contribution in [0.5, 0.6) is 5.75 Å². The molecule has 0 aromatic heterocycles. The summed E-state index contributed by atoms with van der Waals surface area (Å²) < 4.78 is 29.2. The molecule has 1 fully saturated rings. The maximum Gasteiger partial charge on any atom is 0.487 e. The number of aliphatic carboxylic acids is 1. The topological polar surface area (TPSA) is 79.2 Å². The number of hydrogen-bond donors (Lipinski definition) is 1. The highest BCUT2D eigenvalue weighted by Gasteiger charge is 2.33. The first-order chi connectivity index (χ1) is 10.7. The fourth-order valence-electron chi connectivity index (χ4n) is 1.72. The summed E-state index contributed by atoms with van der Waals surface area (Å²) in [7, 11) is 1.48. The number of carbonyl (C=O) groups is 2. The van der Waals surface area contributed by atoms with Gasteiger partial charge in [-0.1, -0.05) is 11.8 Å². The fraction of sp³-hybridized carbons (Fsp3) is 0.308. The molecular weight excluding hydrogens is 354 g/mol. The molecule has 10 heteroatoms. The van der Waals surface area contributed by atoms with Gasteiger partial charge in [-0.2, -0.15) is 0 Å². The van der Waals surface area contributed by atoms with E-state index in [9.17, 15) is 18.4 Å². The molecule has 1 aliphatic rings. The second kappa shape index (κ2) is 6.71. The van der Waals surface area contributed by atoms with E-state index in [2.05, 4.69) is 21.3 Å². The van der Waals surface area contributed by atoms with Gasteiger partial charge in [0, 0.05) is 18.6 Å². The molecule has 1 saturated heterocycles. The lowest BCUT2D eigenvalue weighted by atomic mass is 10.3. The Morgan fingerprint density at radius 2 is 2.09 bits per heavy atom. The van der Waals surface area contributed by atoms with Crippen LogP contribution in [0.1, 0.15) is 6.42 Å². The van der Waals surface area contributed by atoms with E-state index in [-0.39, 0.29) is 23.2 Å². The lowest BCUT2D eigenvalue weighted by molar-refractivity contribution is -0.139. The average Bonchev–Trinajstić information content (AvgIpc) is 2.44. The number of thioether (sulfide) groups is 1. The average molecular weight is 365 g/mol. The maximum absolute atomic E-state index is 12.5. The molecule has 1 heterocycles. The van der Waals surface area contributed by atoms with Crippen molar-refractivity contribution in [1.29, 1.82) is 0 Å². The summed E-state index contributed by atoms with van der Waals surface area (Å²) in [6.45, 7) is 0. The Hall–Kier alpha value is -1.87. The van der Waals surface area contributed by atoms with Gasteiger partial charge in [0.2, 0.25) is 5.91 Å². The molecule has 1 amide bonds. The molecule has 0 aliphatic carbocycles. The van der Waals surface area contributed by atoms with Crippen molar-refractivity contribution in [3.8, 4) is 5.75 Å². The molecule has 0 spiro atoms. The fourth-order valence-corrected chi connectivity index (χ4v) is 2.81. The van der Waals surface area contributed by atoms with E-state index in [0.717, 1.165) is 11.8 Å². The Kier molecular flexibility index (Phi) is 5.10. The lowest BCUT2D eigenvalue weighted by Gasteiger charge is -2.27. The minimum atomic E-state index is -3.81. The number of alkyl halides is 3. The molecule has 1 aromatic rings. The van der Waals surface area contributed by atoms with Gasteiger partial charge in [-0.15, -0.1) is 8.78 Å². The molecule has 2 rings (SSSR count). The van der Waals surface area contributed by atoms with Crippen LogP contribution in [-0.2, 0) is 9.59 Å². The van der Waals surface area contributed by atoms with Crippen molar-refractivity contribution >= 4 is 46.1 Å². The molecule has 0 bridgehead atoms. The summed E-state index contributed by atoms with van der Waals surface area (Å²) in [5, 5.41) is 8.33. The second-order valence-electron chi connectivity index (χ2n) is 4.54. The Morgan fingerprint density at radius 3 is 2.61 bits per heavy atom. The first-order valence-corrected chi connectivity index (χ1v) is 7.52. The number of carboxylic acid groups (broad SMARTS) is 1. The van der Waals surface area contributed by atoms with Crippen molar-refractivity contribution in [1.82, 2.24) is 4.90 Å². The standard InChI is InChI=1S/C13H11ClF2N2O4S/c1-18-10(19)6-9(11(20)21)23-12(18)17-7-2-4-8(5-3-7)22-13(14,15)16/h2-5,9H,6H2,1H3,(H,20,21)/t9-/m1/s1. The molecule has 23 heavy (non-hydrogen) atoms. The number of amides is 1. The monoisotopic (exact) mass is 364 g/mol. The van der Waals surface area contributed by atoms with Gasteiger partial charge in [-0.3, -0.25) is 14.5 Å². The smallest absolute Gasteiger partial charge is 0.480 e. The lowest BCUT2D eigenvalue weighted by Crippen LogP contribution is -2.41. The molecule has 0 unspecified atom stereocenters. The molecule has 1 aromatic carbocycles. The van der Waals surface area contributed by atoms with Crippen LogP contribution in [0.2, 0.25) is 0 Å². The van der Waals surface area contributed by atoms with Gasteiger partial charge < -0.3 is 9.84 Å². The molecule has 1 atom stereocenters. The Labute approximate surface area is 139 Å². The van der Waals surface area contributed by atoms with Crippen LogP contribution >= 0.6 is 23.4 Å². The van der Waals surface area contributed by atoms with Crippen LogP contribution in [0, 0.1) is 0 Å². The van der Waals surface area contributed by atoms with E-state index < -0.39 is 16.8 Å². The number of amidine groups is 1. The molecule has 1 aliphatic heterocycles. The zero-order valence-electron chi connectivity index (χ0n) is 11.7. The van der Waals surface area contributed by atoms with E-state index in [4.69, 9.17) is 5.11 Å². The van der Waals surface area contributed by atoms with Gasteiger partial charge in [0.1, 0.15) is 11.0 Å². The Balaban J connectivity index is 2.19. The highest BCUT2D eigenvalue weighted by atomic mass is 35.5. The zero-order valence-corrected chi connectivity index (χ0v) is 13.3. The first kappa shape index (κ1) is 17.5. The highest BCUT2D eigenvalue weighted by Crippen LogP contribution is 2.30. The predicted molar refractivity (Wildman–Crippen MR) is 81.4 cm³/mol. The van der Waals surface area contributed by atoms with Gasteiger partial charge in [0.25, 0.3) is 0 Å². The van der Waals surface area contributed by atoms with Crippen molar-refractivity contribution in [2.75, 3.05) is 7.05 Å². The number of halogens is 3. The predicted octanol–water partition coefficient (Wildman–Crippen LogP) is 2.89. The van der Waals surface area contributed by atoms with Crippen LogP contribution in [0.4, 0.5) is 14.5 Å². The first-order valence-electron chi connectivity index (χ1n) is 6.26. The number of carbonyl (C=O) groups excluding carboxylic acids is 1. The van der Waals surface area contributed by atoms with Crippen molar-refractivity contribution in [2.24, 2.45) is 4.99 Å². The van der Waals surface area contributed by atoms with E-state index in [1.165, 1.54) is 36.2 Å². The van der Waals surface area contributed by atoms with Gasteiger partial charge in [0.05, 0.1) is 12.1 Å². The number of benzene rings is 1. The molecule has 1 N–H and O–H groups in total. The third-order valence-corrected chi connectivity index (χ3v) is 4.15. The Bertz CT molecular complexity index is 648. The van der Waals surface area contributed by atoms with Gasteiger partial charge in [-0.25, -0.2) is 4.99 Å². The number of rotatable bonds is 4. The van der Waals surface area contributed by atoms with Crippen LogP contribution in [0.25, 0.3) is 0 Å². The van der Waals surface area contributed by atoms with Crippen LogP contribution in [-0.4, -0.2) is 44.9 Å². The van der Waals surface area contributed by atoms with E-state index in [0.29, 0.717) is 5.69 Å². The second-order valence-corrected chi connectivity index (χ2v) is 6.15. The minimum Gasteiger partial charge on any atom is -0.480 e. The summed E-state index contributed by atoms with van der Waals surface area (Å²) >= 11 is 5.60. The number of nitrogens with zero attached hydrogens (tertiary/aromatic N) is 2. The van der Waals surface area contributed by atoms with Crippen LogP contribution in [0.15, 0.2) is 29.3 Å². The number of carboxylic acids is 1. The van der Waals surface area contributed by atoms with Crippen molar-refractivity contribution in [3.05, 3.63) is 24.3 Å². The molecule has 124 valence electrons. The maximum atomic E-state index is 12.5. The van der Waals surface area contributed by atoms with Crippen molar-refractivity contribution in [2.45, 2.75) is 17.2 Å². The van der Waals surface area contributed by atoms with Gasteiger partial charge in [-0.05, 0) is 24.3 Å². The SMILES string of the molecule is CN1C(=O)C[C@H](C(=O)O)SC1=Nc1ccc(OC(F)(F)Cl)cc1. The summed E-state index contributed by atoms with van der Waals surface area (Å²) in [6, 6.07) is 5.24. The van der Waals surface area contributed by atoms with Gasteiger partial charge in [0.15, 0.2) is 5.17 Å². The van der Waals surface area contributed by atoms with E-state index >= 15 is 0 Å². The third kappa shape index (κ3) is 4.80. The van der Waals surface area contributed by atoms with E-state index in [1.54, 1.807) is 0 Å². The third-order valence-electron chi connectivity index (χ3n) is 2.84. The molecule has 0 radical (unpaired) electrons. The molecule has 6 nitrogen and oxygen atoms in total. The Morgan fingerprint density at radius 1 is 1.48 bits per heavy atom. The number of ether oxygens (including phenoxy) is 1.